The van der Waals surface area contributed by atoms with Gasteiger partial charge in [-0.25, -0.2) is 9.97 Å². The molecule has 2 rings (SSSR count). The van der Waals surface area contributed by atoms with E-state index < -0.39 is 0 Å². The van der Waals surface area contributed by atoms with Crippen molar-refractivity contribution in [1.82, 2.24) is 20.3 Å². The number of hydrogen-bond donors (Lipinski definition) is 1. The maximum absolute atomic E-state index is 5.51. The normalized spacial score (nSPS) is 10.4. The molecule has 0 amide bonds. The highest BCUT2D eigenvalue weighted by atomic mass is 16.5. The maximum atomic E-state index is 5.51. The number of ether oxygens (including phenoxy) is 1. The zero-order valence-corrected chi connectivity index (χ0v) is 11.3. The summed E-state index contributed by atoms with van der Waals surface area (Å²) in [5.74, 6) is 0.641. The average Bonchev–Trinajstić information content (AvgIpc) is 2.44. The van der Waals surface area contributed by atoms with Gasteiger partial charge in [-0.15, -0.1) is 0 Å². The molecule has 19 heavy (non-hydrogen) atoms. The molecular formula is C14H18N4O. The van der Waals surface area contributed by atoms with E-state index in [0.29, 0.717) is 11.8 Å². The van der Waals surface area contributed by atoms with Gasteiger partial charge < -0.3 is 10.1 Å². The molecule has 0 spiro atoms. The smallest absolute Gasteiger partial charge is 0.321 e. The zero-order valence-electron chi connectivity index (χ0n) is 11.3. The second-order valence-electron chi connectivity index (χ2n) is 4.29. The predicted octanol–water partition coefficient (Wildman–Crippen LogP) is 2.47. The fourth-order valence-electron chi connectivity index (χ4n) is 1.52. The molecular weight excluding hydrogens is 240 g/mol. The molecule has 1 N–H and O–H groups in total. The summed E-state index contributed by atoms with van der Waals surface area (Å²) in [5, 5.41) is 3.30. The first-order chi connectivity index (χ1) is 9.28. The summed E-state index contributed by atoms with van der Waals surface area (Å²) >= 11 is 0. The molecule has 0 fully saturated rings. The molecule has 0 unspecified atom stereocenters. The van der Waals surface area contributed by atoms with Crippen molar-refractivity contribution in [1.29, 1.82) is 0 Å². The number of aromatic nitrogens is 3. The first-order valence-electron chi connectivity index (χ1n) is 6.40. The van der Waals surface area contributed by atoms with Crippen molar-refractivity contribution in [3.8, 4) is 11.8 Å². The number of aryl methyl sites for hydroxylation is 1. The summed E-state index contributed by atoms with van der Waals surface area (Å²) in [6.45, 7) is 5.84. The van der Waals surface area contributed by atoms with Gasteiger partial charge in [0.15, 0.2) is 0 Å². The third kappa shape index (κ3) is 4.30. The summed E-state index contributed by atoms with van der Waals surface area (Å²) < 4.78 is 5.51. The number of nitrogens with one attached hydrogen (secondary N) is 1. The van der Waals surface area contributed by atoms with Crippen LogP contribution in [0.4, 0.5) is 0 Å². The van der Waals surface area contributed by atoms with Gasteiger partial charge in [-0.2, -0.15) is 0 Å². The Labute approximate surface area is 113 Å². The fraction of sp³-hybridized carbons (Fsp3) is 0.357. The monoisotopic (exact) mass is 258 g/mol. The van der Waals surface area contributed by atoms with E-state index in [4.69, 9.17) is 4.74 Å². The van der Waals surface area contributed by atoms with Crippen LogP contribution in [0.25, 0.3) is 0 Å². The van der Waals surface area contributed by atoms with Crippen LogP contribution in [0.3, 0.4) is 0 Å². The molecule has 0 aliphatic heterocycles. The zero-order chi connectivity index (χ0) is 13.5. The van der Waals surface area contributed by atoms with E-state index in [1.165, 1.54) is 0 Å². The minimum atomic E-state index is 0.338. The first kappa shape index (κ1) is 13.4. The Bertz CT molecular complexity index is 496. The van der Waals surface area contributed by atoms with Crippen LogP contribution in [0, 0.1) is 6.92 Å². The summed E-state index contributed by atoms with van der Waals surface area (Å²) in [5.41, 5.74) is 1.99. The van der Waals surface area contributed by atoms with Crippen molar-refractivity contribution in [3.05, 3.63) is 42.0 Å². The van der Waals surface area contributed by atoms with Crippen LogP contribution in [0.1, 0.15) is 24.6 Å². The highest BCUT2D eigenvalue weighted by Crippen LogP contribution is 2.15. The second-order valence-corrected chi connectivity index (χ2v) is 4.29. The Morgan fingerprint density at radius 3 is 2.53 bits per heavy atom. The third-order valence-corrected chi connectivity index (χ3v) is 2.53. The van der Waals surface area contributed by atoms with E-state index in [2.05, 4.69) is 27.2 Å². The minimum absolute atomic E-state index is 0.338. The van der Waals surface area contributed by atoms with Crippen LogP contribution in [0.2, 0.25) is 0 Å². The molecule has 0 aliphatic carbocycles. The van der Waals surface area contributed by atoms with Crippen molar-refractivity contribution in [2.24, 2.45) is 0 Å². The number of nitrogens with zero attached hydrogens (tertiary/aromatic N) is 3. The SMILES string of the molecule is CCCNCc1cnc(Oc2ccc(C)nc2)nc1. The van der Waals surface area contributed by atoms with E-state index in [-0.39, 0.29) is 0 Å². The molecule has 0 saturated heterocycles. The van der Waals surface area contributed by atoms with Crippen molar-refractivity contribution in [3.63, 3.8) is 0 Å². The standard InChI is InChI=1S/C14H18N4O/c1-3-6-15-7-12-8-17-14(18-9-12)19-13-5-4-11(2)16-10-13/h4-5,8-10,15H,3,6-7H2,1-2H3. The number of pyridine rings is 1. The van der Waals surface area contributed by atoms with Gasteiger partial charge >= 0.3 is 6.01 Å². The van der Waals surface area contributed by atoms with Gasteiger partial charge in [0.2, 0.25) is 0 Å². The van der Waals surface area contributed by atoms with Crippen LogP contribution in [-0.4, -0.2) is 21.5 Å². The average molecular weight is 258 g/mol. The first-order valence-corrected chi connectivity index (χ1v) is 6.40. The summed E-state index contributed by atoms with van der Waals surface area (Å²) in [4.78, 5) is 12.5. The molecule has 0 aromatic carbocycles. The molecule has 5 nitrogen and oxygen atoms in total. The van der Waals surface area contributed by atoms with Crippen molar-refractivity contribution < 1.29 is 4.74 Å². The van der Waals surface area contributed by atoms with Crippen LogP contribution >= 0.6 is 0 Å². The fourth-order valence-corrected chi connectivity index (χ4v) is 1.52. The molecule has 100 valence electrons. The van der Waals surface area contributed by atoms with E-state index in [1.807, 2.05) is 19.1 Å². The largest absolute Gasteiger partial charge is 0.423 e. The van der Waals surface area contributed by atoms with Gasteiger partial charge in [0.25, 0.3) is 0 Å². The molecule has 2 aromatic heterocycles. The molecule has 0 atom stereocenters. The van der Waals surface area contributed by atoms with Gasteiger partial charge in [0, 0.05) is 30.2 Å². The maximum Gasteiger partial charge on any atom is 0.321 e. The quantitative estimate of drug-likeness (QED) is 0.806. The molecule has 0 saturated carbocycles. The predicted molar refractivity (Wildman–Crippen MR) is 73.1 cm³/mol. The van der Waals surface area contributed by atoms with Crippen LogP contribution < -0.4 is 10.1 Å². The van der Waals surface area contributed by atoms with E-state index >= 15 is 0 Å². The van der Waals surface area contributed by atoms with E-state index in [9.17, 15) is 0 Å². The third-order valence-electron chi connectivity index (χ3n) is 2.53. The van der Waals surface area contributed by atoms with Crippen molar-refractivity contribution in [2.75, 3.05) is 6.54 Å². The van der Waals surface area contributed by atoms with Crippen LogP contribution in [0.5, 0.6) is 11.8 Å². The van der Waals surface area contributed by atoms with Gasteiger partial charge in [-0.3, -0.25) is 4.98 Å². The highest BCUT2D eigenvalue weighted by molar-refractivity contribution is 5.22. The summed E-state index contributed by atoms with van der Waals surface area (Å²) in [7, 11) is 0. The molecule has 2 heterocycles. The lowest BCUT2D eigenvalue weighted by molar-refractivity contribution is 0.438. The molecule has 2 aromatic rings. The minimum Gasteiger partial charge on any atom is -0.423 e. The Morgan fingerprint density at radius 2 is 1.89 bits per heavy atom. The van der Waals surface area contributed by atoms with Crippen molar-refractivity contribution >= 4 is 0 Å². The lowest BCUT2D eigenvalue weighted by Gasteiger charge is -2.05. The Kier molecular flexibility index (Phi) is 4.80. The lowest BCUT2D eigenvalue weighted by atomic mass is 10.3. The summed E-state index contributed by atoms with van der Waals surface area (Å²) in [6.07, 6.45) is 6.32. The summed E-state index contributed by atoms with van der Waals surface area (Å²) in [6, 6.07) is 4.07. The van der Waals surface area contributed by atoms with Gasteiger partial charge in [-0.05, 0) is 32.0 Å². The van der Waals surface area contributed by atoms with Crippen LogP contribution in [-0.2, 0) is 6.54 Å². The highest BCUT2D eigenvalue weighted by Gasteiger charge is 2.01. The molecule has 0 bridgehead atoms. The molecule has 0 aliphatic rings. The Morgan fingerprint density at radius 1 is 1.11 bits per heavy atom. The van der Waals surface area contributed by atoms with Gasteiger partial charge in [0.05, 0.1) is 6.20 Å². The van der Waals surface area contributed by atoms with E-state index in [0.717, 1.165) is 30.8 Å². The Balaban J connectivity index is 1.92. The van der Waals surface area contributed by atoms with Crippen LogP contribution in [0.15, 0.2) is 30.7 Å². The topological polar surface area (TPSA) is 59.9 Å². The molecule has 5 heteroatoms. The van der Waals surface area contributed by atoms with Gasteiger partial charge in [-0.1, -0.05) is 6.92 Å². The van der Waals surface area contributed by atoms with Crippen molar-refractivity contribution in [2.45, 2.75) is 26.8 Å². The number of hydrogen-bond acceptors (Lipinski definition) is 5. The Hall–Kier alpha value is -2.01. The second kappa shape index (κ2) is 6.80. The van der Waals surface area contributed by atoms with E-state index in [1.54, 1.807) is 18.6 Å². The van der Waals surface area contributed by atoms with Gasteiger partial charge in [0.1, 0.15) is 5.75 Å². The number of rotatable bonds is 6. The molecule has 0 radical (unpaired) electrons. The lowest BCUT2D eigenvalue weighted by Crippen LogP contribution is -2.14.